The van der Waals surface area contributed by atoms with Crippen molar-refractivity contribution in [1.29, 1.82) is 0 Å². The van der Waals surface area contributed by atoms with Crippen LogP contribution < -0.4 is 10.2 Å². The molecule has 174 valence electrons. The number of halogens is 1. The third-order valence-corrected chi connectivity index (χ3v) is 7.14. The molecule has 0 radical (unpaired) electrons. The lowest BCUT2D eigenvalue weighted by Gasteiger charge is -2.38. The molecule has 4 heterocycles. The molecule has 3 aromatic rings. The Kier molecular flexibility index (Phi) is 6.24. The Morgan fingerprint density at radius 2 is 1.88 bits per heavy atom. The van der Waals surface area contributed by atoms with Crippen LogP contribution in [-0.4, -0.2) is 63.2 Å². The summed E-state index contributed by atoms with van der Waals surface area (Å²) in [7, 11) is 0. The first-order chi connectivity index (χ1) is 16.4. The van der Waals surface area contributed by atoms with Crippen LogP contribution in [0, 0.1) is 0 Å². The van der Waals surface area contributed by atoms with E-state index in [1.807, 2.05) is 24.3 Å². The lowest BCUT2D eigenvalue weighted by atomic mass is 10.1. The fraction of sp³-hybridized carbons (Fsp3) is 0.292. The summed E-state index contributed by atoms with van der Waals surface area (Å²) in [6, 6.07) is 10.1. The number of fused-ring (bicyclic) bond motifs is 1. The first-order valence-corrected chi connectivity index (χ1v) is 12.2. The minimum absolute atomic E-state index is 0.306. The number of piperazine rings is 1. The highest BCUT2D eigenvalue weighted by Crippen LogP contribution is 2.33. The SMILES string of the molecule is CC(C)N1CCN(c2ccc(-c3ncnc4ccc(C=C5SC(=O)NC5=O)nc34)cc2Cl)CC1. The number of anilines is 1. The quantitative estimate of drug-likeness (QED) is 0.539. The van der Waals surface area contributed by atoms with E-state index >= 15 is 0 Å². The molecule has 2 saturated heterocycles. The molecule has 0 saturated carbocycles. The van der Waals surface area contributed by atoms with E-state index in [2.05, 4.69) is 43.9 Å². The zero-order valence-electron chi connectivity index (χ0n) is 18.8. The van der Waals surface area contributed by atoms with Crippen molar-refractivity contribution < 1.29 is 9.59 Å². The molecule has 2 aromatic heterocycles. The molecule has 34 heavy (non-hydrogen) atoms. The van der Waals surface area contributed by atoms with Gasteiger partial charge in [-0.1, -0.05) is 17.7 Å². The number of rotatable bonds is 4. The van der Waals surface area contributed by atoms with Crippen molar-refractivity contribution in [3.8, 4) is 11.3 Å². The van der Waals surface area contributed by atoms with E-state index in [0.717, 1.165) is 49.2 Å². The van der Waals surface area contributed by atoms with Gasteiger partial charge in [0.15, 0.2) is 0 Å². The van der Waals surface area contributed by atoms with Crippen LogP contribution in [0.3, 0.4) is 0 Å². The second-order valence-electron chi connectivity index (χ2n) is 8.46. The molecule has 0 atom stereocenters. The van der Waals surface area contributed by atoms with Crippen molar-refractivity contribution in [2.75, 3.05) is 31.1 Å². The molecule has 8 nitrogen and oxygen atoms in total. The van der Waals surface area contributed by atoms with Crippen LogP contribution in [0.15, 0.2) is 41.6 Å². The predicted octanol–water partition coefficient (Wildman–Crippen LogP) is 4.20. The van der Waals surface area contributed by atoms with Gasteiger partial charge >= 0.3 is 0 Å². The number of hydrogen-bond donors (Lipinski definition) is 1. The minimum Gasteiger partial charge on any atom is -0.368 e. The Morgan fingerprint density at radius 1 is 1.09 bits per heavy atom. The number of thioether (sulfide) groups is 1. The number of nitrogens with zero attached hydrogens (tertiary/aromatic N) is 5. The van der Waals surface area contributed by atoms with Gasteiger partial charge in [0.1, 0.15) is 11.8 Å². The van der Waals surface area contributed by atoms with Crippen LogP contribution in [0.2, 0.25) is 5.02 Å². The van der Waals surface area contributed by atoms with E-state index in [1.54, 1.807) is 12.1 Å². The lowest BCUT2D eigenvalue weighted by molar-refractivity contribution is -0.115. The first kappa shape index (κ1) is 22.8. The summed E-state index contributed by atoms with van der Waals surface area (Å²) in [4.78, 5) is 41.9. The van der Waals surface area contributed by atoms with E-state index in [9.17, 15) is 9.59 Å². The average molecular weight is 495 g/mol. The molecular formula is C24H23ClN6O2S. The highest BCUT2D eigenvalue weighted by molar-refractivity contribution is 8.18. The Bertz CT molecular complexity index is 1320. The standard InChI is InChI=1S/C24H23ClN6O2S/c1-14(2)30-7-9-31(10-8-30)19-6-3-15(11-17(19)25)21-22-18(26-13-27-21)5-4-16(28-22)12-20-23(32)29-24(33)34-20/h3-6,11-14H,7-10H2,1-2H3,(H,29,32,33). The van der Waals surface area contributed by atoms with Gasteiger partial charge in [0.25, 0.3) is 11.1 Å². The van der Waals surface area contributed by atoms with Gasteiger partial charge < -0.3 is 4.90 Å². The van der Waals surface area contributed by atoms with Gasteiger partial charge in [-0.3, -0.25) is 19.8 Å². The van der Waals surface area contributed by atoms with Gasteiger partial charge in [0.2, 0.25) is 0 Å². The normalized spacial score (nSPS) is 18.4. The predicted molar refractivity (Wildman–Crippen MR) is 136 cm³/mol. The molecule has 0 unspecified atom stereocenters. The number of carbonyl (C=O) groups is 2. The molecule has 5 rings (SSSR count). The van der Waals surface area contributed by atoms with Crippen molar-refractivity contribution in [2.24, 2.45) is 0 Å². The molecule has 2 fully saturated rings. The maximum absolute atomic E-state index is 11.9. The second-order valence-corrected chi connectivity index (χ2v) is 9.88. The number of carbonyl (C=O) groups excluding carboxylic acids is 2. The molecule has 0 aliphatic carbocycles. The summed E-state index contributed by atoms with van der Waals surface area (Å²) in [6.07, 6.45) is 3.09. The summed E-state index contributed by atoms with van der Waals surface area (Å²) < 4.78 is 0. The van der Waals surface area contributed by atoms with E-state index in [0.29, 0.717) is 38.4 Å². The first-order valence-electron chi connectivity index (χ1n) is 11.0. The van der Waals surface area contributed by atoms with Gasteiger partial charge in [-0.15, -0.1) is 0 Å². The third-order valence-electron chi connectivity index (χ3n) is 6.03. The van der Waals surface area contributed by atoms with Crippen LogP contribution in [0.5, 0.6) is 0 Å². The lowest BCUT2D eigenvalue weighted by Crippen LogP contribution is -2.49. The van der Waals surface area contributed by atoms with E-state index in [4.69, 9.17) is 11.6 Å². The zero-order chi connectivity index (χ0) is 23.8. The molecule has 10 heteroatoms. The number of imide groups is 1. The van der Waals surface area contributed by atoms with Crippen LogP contribution in [0.4, 0.5) is 10.5 Å². The second kappa shape index (κ2) is 9.32. The fourth-order valence-corrected chi connectivity index (χ4v) is 5.16. The number of pyridine rings is 1. The maximum Gasteiger partial charge on any atom is 0.290 e. The van der Waals surface area contributed by atoms with Crippen molar-refractivity contribution in [3.05, 3.63) is 52.3 Å². The molecular weight excluding hydrogens is 472 g/mol. The average Bonchev–Trinajstić information content (AvgIpc) is 3.15. The van der Waals surface area contributed by atoms with Crippen LogP contribution in [0.25, 0.3) is 28.4 Å². The minimum atomic E-state index is -0.418. The Hall–Kier alpha value is -3.01. The highest BCUT2D eigenvalue weighted by atomic mass is 35.5. The van der Waals surface area contributed by atoms with Gasteiger partial charge in [-0.2, -0.15) is 0 Å². The number of hydrogen-bond acceptors (Lipinski definition) is 8. The van der Waals surface area contributed by atoms with Crippen LogP contribution >= 0.6 is 23.4 Å². The Balaban J connectivity index is 1.46. The summed E-state index contributed by atoms with van der Waals surface area (Å²) in [5.74, 6) is -0.418. The zero-order valence-corrected chi connectivity index (χ0v) is 20.4. The van der Waals surface area contributed by atoms with E-state index in [1.165, 1.54) is 6.33 Å². The monoisotopic (exact) mass is 494 g/mol. The molecule has 2 aliphatic heterocycles. The fourth-order valence-electron chi connectivity index (χ4n) is 4.19. The van der Waals surface area contributed by atoms with Crippen molar-refractivity contribution in [3.63, 3.8) is 0 Å². The highest BCUT2D eigenvalue weighted by Gasteiger charge is 2.25. The Morgan fingerprint density at radius 3 is 2.56 bits per heavy atom. The molecule has 1 N–H and O–H groups in total. The van der Waals surface area contributed by atoms with E-state index in [-0.39, 0.29) is 5.24 Å². The van der Waals surface area contributed by atoms with Crippen molar-refractivity contribution in [1.82, 2.24) is 25.2 Å². The number of benzene rings is 1. The number of nitrogens with one attached hydrogen (secondary N) is 1. The Labute approximate surface area is 206 Å². The molecule has 0 bridgehead atoms. The van der Waals surface area contributed by atoms with Gasteiger partial charge in [-0.05, 0) is 56.0 Å². The van der Waals surface area contributed by atoms with Gasteiger partial charge in [0, 0.05) is 37.8 Å². The largest absolute Gasteiger partial charge is 0.368 e. The summed E-state index contributed by atoms with van der Waals surface area (Å²) in [5, 5.41) is 2.53. The maximum atomic E-state index is 11.9. The molecule has 2 amide bonds. The number of amides is 2. The number of aromatic nitrogens is 3. The summed E-state index contributed by atoms with van der Waals surface area (Å²) in [6.45, 7) is 8.33. The third kappa shape index (κ3) is 4.51. The molecule has 1 aromatic carbocycles. The smallest absolute Gasteiger partial charge is 0.290 e. The van der Waals surface area contributed by atoms with E-state index < -0.39 is 5.91 Å². The van der Waals surface area contributed by atoms with Crippen LogP contribution in [-0.2, 0) is 4.79 Å². The van der Waals surface area contributed by atoms with Gasteiger partial charge in [0.05, 0.1) is 32.5 Å². The summed E-state index contributed by atoms with van der Waals surface area (Å²) >= 11 is 7.59. The topological polar surface area (TPSA) is 91.3 Å². The van der Waals surface area contributed by atoms with Crippen LogP contribution in [0.1, 0.15) is 19.5 Å². The molecule has 2 aliphatic rings. The van der Waals surface area contributed by atoms with Gasteiger partial charge in [-0.25, -0.2) is 15.0 Å². The summed E-state index contributed by atoms with van der Waals surface area (Å²) in [5.41, 5.74) is 4.32. The molecule has 0 spiro atoms. The van der Waals surface area contributed by atoms with Crippen molar-refractivity contribution in [2.45, 2.75) is 19.9 Å². The van der Waals surface area contributed by atoms with Crippen molar-refractivity contribution >= 4 is 57.3 Å².